The van der Waals surface area contributed by atoms with Crippen LogP contribution in [0, 0.1) is 5.95 Å². The molecule has 0 radical (unpaired) electrons. The molecule has 1 unspecified atom stereocenters. The van der Waals surface area contributed by atoms with E-state index in [2.05, 4.69) is 19.9 Å². The molecule has 6 nitrogen and oxygen atoms in total. The molecule has 0 saturated heterocycles. The van der Waals surface area contributed by atoms with Gasteiger partial charge < -0.3 is 9.64 Å². The Kier molecular flexibility index (Phi) is 5.28. The molecule has 0 aliphatic carbocycles. The van der Waals surface area contributed by atoms with E-state index in [-0.39, 0.29) is 11.8 Å². The maximum absolute atomic E-state index is 13.9. The molecule has 1 aliphatic heterocycles. The summed E-state index contributed by atoms with van der Waals surface area (Å²) in [6.45, 7) is 1.68. The third-order valence-electron chi connectivity index (χ3n) is 4.73. The Hall–Kier alpha value is -3.23. The van der Waals surface area contributed by atoms with Crippen molar-refractivity contribution in [2.24, 2.45) is 0 Å². The first-order valence-electron chi connectivity index (χ1n) is 9.13. The van der Waals surface area contributed by atoms with Gasteiger partial charge in [0.25, 0.3) is 6.43 Å². The number of aromatic nitrogens is 4. The first-order valence-corrected chi connectivity index (χ1v) is 9.13. The third-order valence-corrected chi connectivity index (χ3v) is 4.73. The van der Waals surface area contributed by atoms with Gasteiger partial charge in [0.2, 0.25) is 5.95 Å². The lowest BCUT2D eigenvalue weighted by Gasteiger charge is -2.35. The van der Waals surface area contributed by atoms with Crippen LogP contribution in [0.15, 0.2) is 42.7 Å². The van der Waals surface area contributed by atoms with E-state index in [0.29, 0.717) is 30.3 Å². The summed E-state index contributed by atoms with van der Waals surface area (Å²) in [6.07, 6.45) is 1.40. The monoisotopic (exact) mass is 401 g/mol. The van der Waals surface area contributed by atoms with E-state index < -0.39 is 19.0 Å². The van der Waals surface area contributed by atoms with Crippen molar-refractivity contribution in [3.05, 3.63) is 59.9 Å². The summed E-state index contributed by atoms with van der Waals surface area (Å²) in [5.74, 6) is 0.108. The van der Waals surface area contributed by atoms with E-state index in [0.717, 1.165) is 17.3 Å². The summed E-state index contributed by atoms with van der Waals surface area (Å²) in [4.78, 5) is 19.1. The van der Waals surface area contributed by atoms with Gasteiger partial charge >= 0.3 is 0 Å². The second-order valence-corrected chi connectivity index (χ2v) is 6.62. The number of ether oxygens (including phenoxy) is 1. The number of rotatable bonds is 5. The highest BCUT2D eigenvalue weighted by molar-refractivity contribution is 5.52. The number of halogens is 3. The summed E-state index contributed by atoms with van der Waals surface area (Å²) in [5.41, 5.74) is 2.49. The summed E-state index contributed by atoms with van der Waals surface area (Å²) in [7, 11) is 0. The molecule has 3 aromatic heterocycles. The van der Waals surface area contributed by atoms with Crippen LogP contribution in [0.25, 0.3) is 11.5 Å². The SMILES string of the molecule is CC1c2cnc(-c3ccccn3)nc2CCN1c1cc(OCC(F)F)cc(F)n1. The largest absolute Gasteiger partial charge is 0.487 e. The van der Waals surface area contributed by atoms with Crippen molar-refractivity contribution in [2.75, 3.05) is 18.1 Å². The van der Waals surface area contributed by atoms with Gasteiger partial charge in [0.15, 0.2) is 5.82 Å². The van der Waals surface area contributed by atoms with Crippen molar-refractivity contribution in [3.8, 4) is 17.3 Å². The van der Waals surface area contributed by atoms with E-state index >= 15 is 0 Å². The molecule has 0 fully saturated rings. The summed E-state index contributed by atoms with van der Waals surface area (Å²) < 4.78 is 43.7. The Morgan fingerprint density at radius 3 is 2.83 bits per heavy atom. The third kappa shape index (κ3) is 4.13. The lowest BCUT2D eigenvalue weighted by Crippen LogP contribution is -2.35. The van der Waals surface area contributed by atoms with Crippen LogP contribution in [0.2, 0.25) is 0 Å². The van der Waals surface area contributed by atoms with Gasteiger partial charge in [-0.2, -0.15) is 4.39 Å². The van der Waals surface area contributed by atoms with Crippen molar-refractivity contribution in [1.82, 2.24) is 19.9 Å². The number of pyridine rings is 2. The van der Waals surface area contributed by atoms with Gasteiger partial charge in [-0.05, 0) is 19.1 Å². The number of nitrogens with zero attached hydrogens (tertiary/aromatic N) is 5. The molecule has 9 heteroatoms. The average molecular weight is 401 g/mol. The first-order chi connectivity index (χ1) is 14.0. The fraction of sp³-hybridized carbons (Fsp3) is 0.300. The molecule has 0 N–H and O–H groups in total. The molecule has 1 atom stereocenters. The number of alkyl halides is 2. The molecule has 0 spiro atoms. The van der Waals surface area contributed by atoms with Crippen LogP contribution in [0.3, 0.4) is 0 Å². The van der Waals surface area contributed by atoms with Crippen molar-refractivity contribution in [2.45, 2.75) is 25.8 Å². The lowest BCUT2D eigenvalue weighted by atomic mass is 9.99. The number of fused-ring (bicyclic) bond motifs is 1. The average Bonchev–Trinajstić information content (AvgIpc) is 2.72. The number of anilines is 1. The normalized spacial score (nSPS) is 16.0. The van der Waals surface area contributed by atoms with Crippen molar-refractivity contribution >= 4 is 5.82 Å². The van der Waals surface area contributed by atoms with E-state index in [1.165, 1.54) is 6.07 Å². The molecule has 0 saturated carbocycles. The smallest absolute Gasteiger partial charge is 0.272 e. The topological polar surface area (TPSA) is 64.0 Å². The maximum Gasteiger partial charge on any atom is 0.272 e. The van der Waals surface area contributed by atoms with Gasteiger partial charge in [-0.25, -0.2) is 23.7 Å². The molecule has 150 valence electrons. The van der Waals surface area contributed by atoms with E-state index in [1.807, 2.05) is 30.0 Å². The number of hydrogen-bond donors (Lipinski definition) is 0. The zero-order valence-electron chi connectivity index (χ0n) is 15.6. The van der Waals surface area contributed by atoms with Gasteiger partial charge in [-0.3, -0.25) is 4.98 Å². The van der Waals surface area contributed by atoms with Crippen LogP contribution in [0.5, 0.6) is 5.75 Å². The second-order valence-electron chi connectivity index (χ2n) is 6.62. The van der Waals surface area contributed by atoms with Crippen LogP contribution < -0.4 is 9.64 Å². The van der Waals surface area contributed by atoms with Crippen LogP contribution in [-0.2, 0) is 6.42 Å². The standard InChI is InChI=1S/C20H18F3N5O/c1-12-14-10-25-20(16-4-2-3-6-24-16)26-15(14)5-7-28(12)19-9-13(8-18(23)27-19)29-11-17(21)22/h2-4,6,8-10,12,17H,5,7,11H2,1H3. The fourth-order valence-corrected chi connectivity index (χ4v) is 3.34. The summed E-state index contributed by atoms with van der Waals surface area (Å²) >= 11 is 0. The minimum absolute atomic E-state index is 0.0209. The molecule has 29 heavy (non-hydrogen) atoms. The number of hydrogen-bond acceptors (Lipinski definition) is 6. The predicted molar refractivity (Wildman–Crippen MR) is 100 cm³/mol. The van der Waals surface area contributed by atoms with Crippen LogP contribution in [-0.4, -0.2) is 39.5 Å². The Morgan fingerprint density at radius 2 is 2.07 bits per heavy atom. The molecule has 3 aromatic rings. The predicted octanol–water partition coefficient (Wildman–Crippen LogP) is 3.84. The molecule has 0 aromatic carbocycles. The first kappa shape index (κ1) is 19.1. The highest BCUT2D eigenvalue weighted by Gasteiger charge is 2.27. The highest BCUT2D eigenvalue weighted by atomic mass is 19.3. The molecule has 4 rings (SSSR count). The van der Waals surface area contributed by atoms with Crippen molar-refractivity contribution in [3.63, 3.8) is 0 Å². The zero-order valence-corrected chi connectivity index (χ0v) is 15.6. The summed E-state index contributed by atoms with van der Waals surface area (Å²) in [6, 6.07) is 7.84. The van der Waals surface area contributed by atoms with Crippen molar-refractivity contribution in [1.29, 1.82) is 0 Å². The fourth-order valence-electron chi connectivity index (χ4n) is 3.34. The quantitative estimate of drug-likeness (QED) is 0.606. The van der Waals surface area contributed by atoms with Crippen LogP contribution in [0.4, 0.5) is 19.0 Å². The van der Waals surface area contributed by atoms with Gasteiger partial charge in [0.05, 0.1) is 11.7 Å². The van der Waals surface area contributed by atoms with Crippen LogP contribution in [0.1, 0.15) is 24.2 Å². The Balaban J connectivity index is 1.60. The second kappa shape index (κ2) is 8.02. The van der Waals surface area contributed by atoms with E-state index in [1.54, 1.807) is 12.4 Å². The molecule has 1 aliphatic rings. The van der Waals surface area contributed by atoms with Gasteiger partial charge in [-0.1, -0.05) is 6.07 Å². The van der Waals surface area contributed by atoms with Crippen LogP contribution >= 0.6 is 0 Å². The van der Waals surface area contributed by atoms with Gasteiger partial charge in [0.1, 0.15) is 23.9 Å². The van der Waals surface area contributed by atoms with Crippen molar-refractivity contribution < 1.29 is 17.9 Å². The van der Waals surface area contributed by atoms with E-state index in [9.17, 15) is 13.2 Å². The minimum Gasteiger partial charge on any atom is -0.487 e. The molecular weight excluding hydrogens is 383 g/mol. The van der Waals surface area contributed by atoms with Gasteiger partial charge in [0, 0.05) is 43.1 Å². The lowest BCUT2D eigenvalue weighted by molar-refractivity contribution is 0.0816. The molecular formula is C20H18F3N5O. The molecule has 4 heterocycles. The zero-order chi connectivity index (χ0) is 20.4. The Bertz CT molecular complexity index is 1000. The Morgan fingerprint density at radius 1 is 1.21 bits per heavy atom. The van der Waals surface area contributed by atoms with Gasteiger partial charge in [-0.15, -0.1) is 0 Å². The van der Waals surface area contributed by atoms with E-state index in [4.69, 9.17) is 4.74 Å². The maximum atomic E-state index is 13.9. The summed E-state index contributed by atoms with van der Waals surface area (Å²) in [5, 5.41) is 0. The highest BCUT2D eigenvalue weighted by Crippen LogP contribution is 2.33. The Labute approximate surface area is 165 Å². The molecule has 0 bridgehead atoms. The molecule has 0 amide bonds. The minimum atomic E-state index is -2.64.